The van der Waals surface area contributed by atoms with Crippen molar-refractivity contribution in [1.29, 1.82) is 0 Å². The van der Waals surface area contributed by atoms with E-state index in [4.69, 9.17) is 23.2 Å². The summed E-state index contributed by atoms with van der Waals surface area (Å²) in [6.45, 7) is 4.13. The summed E-state index contributed by atoms with van der Waals surface area (Å²) in [6, 6.07) is 2.19. The quantitative estimate of drug-likeness (QED) is 0.832. The number of carbonyl (C=O) groups excluding carboxylic acids is 1. The van der Waals surface area contributed by atoms with Gasteiger partial charge in [0.05, 0.1) is 15.6 Å². The largest absolute Gasteiger partial charge is 0.296 e. The van der Waals surface area contributed by atoms with Crippen LogP contribution in [0.1, 0.15) is 29.2 Å². The summed E-state index contributed by atoms with van der Waals surface area (Å²) in [7, 11) is 0. The van der Waals surface area contributed by atoms with Crippen LogP contribution in [0.25, 0.3) is 0 Å². The fourth-order valence-electron chi connectivity index (χ4n) is 1.60. The first-order valence-electron chi connectivity index (χ1n) is 6.15. The van der Waals surface area contributed by atoms with Crippen LogP contribution >= 0.6 is 34.5 Å². The van der Waals surface area contributed by atoms with Gasteiger partial charge in [0.2, 0.25) is 5.13 Å². The molecule has 2 rings (SSSR count). The number of hydrogen-bond acceptors (Lipinski definition) is 4. The van der Waals surface area contributed by atoms with Crippen molar-refractivity contribution in [3.05, 3.63) is 38.6 Å². The number of aromatic nitrogens is 2. The van der Waals surface area contributed by atoms with Crippen LogP contribution in [-0.2, 0) is 6.42 Å². The van der Waals surface area contributed by atoms with Gasteiger partial charge in [0.25, 0.3) is 5.91 Å². The average Bonchev–Trinajstić information content (AvgIpc) is 2.80. The second-order valence-electron chi connectivity index (χ2n) is 4.80. The van der Waals surface area contributed by atoms with Crippen LogP contribution in [0.4, 0.5) is 9.52 Å². The molecule has 0 radical (unpaired) electrons. The van der Waals surface area contributed by atoms with Gasteiger partial charge in [-0.05, 0) is 18.1 Å². The van der Waals surface area contributed by atoms with Crippen LogP contribution in [0.3, 0.4) is 0 Å². The molecule has 0 saturated carbocycles. The Bertz CT molecular complexity index is 675. The van der Waals surface area contributed by atoms with Gasteiger partial charge in [-0.1, -0.05) is 48.4 Å². The highest BCUT2D eigenvalue weighted by molar-refractivity contribution is 7.15. The predicted octanol–water partition coefficient (Wildman–Crippen LogP) is 4.43. The van der Waals surface area contributed by atoms with Crippen LogP contribution in [0, 0.1) is 11.7 Å². The van der Waals surface area contributed by atoms with Crippen molar-refractivity contribution in [1.82, 2.24) is 10.2 Å². The van der Waals surface area contributed by atoms with Crippen molar-refractivity contribution in [3.8, 4) is 0 Å². The van der Waals surface area contributed by atoms with Gasteiger partial charge in [-0.3, -0.25) is 10.1 Å². The van der Waals surface area contributed by atoms with E-state index >= 15 is 0 Å². The molecule has 1 N–H and O–H groups in total. The van der Waals surface area contributed by atoms with E-state index in [0.29, 0.717) is 11.0 Å². The van der Waals surface area contributed by atoms with E-state index in [0.717, 1.165) is 17.5 Å². The summed E-state index contributed by atoms with van der Waals surface area (Å²) in [5.41, 5.74) is -0.000763. The van der Waals surface area contributed by atoms with E-state index in [-0.39, 0.29) is 15.6 Å². The van der Waals surface area contributed by atoms with Crippen LogP contribution in [0.2, 0.25) is 10.0 Å². The molecule has 1 amide bonds. The van der Waals surface area contributed by atoms with Gasteiger partial charge in [0.15, 0.2) is 0 Å². The number of amides is 1. The van der Waals surface area contributed by atoms with E-state index in [1.165, 1.54) is 17.4 Å². The summed E-state index contributed by atoms with van der Waals surface area (Å²) in [6.07, 6.45) is 0.782. The maximum atomic E-state index is 13.4. The first-order valence-corrected chi connectivity index (χ1v) is 7.72. The van der Waals surface area contributed by atoms with Crippen molar-refractivity contribution in [2.75, 3.05) is 5.32 Å². The standard InChI is InChI=1S/C13H12Cl2FN3OS/c1-6(2)3-11-18-19-13(21-11)17-12(20)7-4-10(16)9(15)5-8(7)14/h4-6H,3H2,1-2H3,(H,17,19,20). The van der Waals surface area contributed by atoms with Crippen LogP contribution < -0.4 is 5.32 Å². The summed E-state index contributed by atoms with van der Waals surface area (Å²) in [5, 5.41) is 11.5. The summed E-state index contributed by atoms with van der Waals surface area (Å²) in [5.74, 6) is -0.812. The fourth-order valence-corrected chi connectivity index (χ4v) is 3.01. The van der Waals surface area contributed by atoms with Gasteiger partial charge in [-0.25, -0.2) is 4.39 Å². The van der Waals surface area contributed by atoms with Crippen molar-refractivity contribution < 1.29 is 9.18 Å². The molecule has 0 aliphatic carbocycles. The first-order chi connectivity index (χ1) is 9.86. The Morgan fingerprint density at radius 3 is 2.71 bits per heavy atom. The lowest BCUT2D eigenvalue weighted by molar-refractivity contribution is 0.102. The highest BCUT2D eigenvalue weighted by atomic mass is 35.5. The zero-order valence-corrected chi connectivity index (χ0v) is 13.6. The summed E-state index contributed by atoms with van der Waals surface area (Å²) in [4.78, 5) is 12.1. The van der Waals surface area contributed by atoms with Crippen molar-refractivity contribution >= 4 is 45.6 Å². The molecule has 0 aliphatic rings. The maximum Gasteiger partial charge on any atom is 0.259 e. The smallest absolute Gasteiger partial charge is 0.259 e. The maximum absolute atomic E-state index is 13.4. The van der Waals surface area contributed by atoms with Gasteiger partial charge in [0.1, 0.15) is 10.8 Å². The molecular formula is C13H12Cl2FN3OS. The van der Waals surface area contributed by atoms with Crippen LogP contribution in [0.5, 0.6) is 0 Å². The predicted molar refractivity (Wildman–Crippen MR) is 82.8 cm³/mol. The highest BCUT2D eigenvalue weighted by Gasteiger charge is 2.16. The summed E-state index contributed by atoms with van der Waals surface area (Å²) >= 11 is 12.8. The third-order valence-electron chi connectivity index (χ3n) is 2.52. The van der Waals surface area contributed by atoms with Gasteiger partial charge in [0, 0.05) is 6.42 Å². The van der Waals surface area contributed by atoms with Gasteiger partial charge >= 0.3 is 0 Å². The number of benzene rings is 1. The highest BCUT2D eigenvalue weighted by Crippen LogP contribution is 2.26. The Labute approximate surface area is 135 Å². The second kappa shape index (κ2) is 6.68. The second-order valence-corrected chi connectivity index (χ2v) is 6.68. The monoisotopic (exact) mass is 347 g/mol. The molecule has 0 atom stereocenters. The van der Waals surface area contributed by atoms with E-state index in [1.54, 1.807) is 0 Å². The molecule has 0 saturated heterocycles. The first kappa shape index (κ1) is 16.1. The third-order valence-corrected chi connectivity index (χ3v) is 3.99. The van der Waals surface area contributed by atoms with Crippen molar-refractivity contribution in [2.45, 2.75) is 20.3 Å². The lowest BCUT2D eigenvalue weighted by Crippen LogP contribution is -2.12. The molecule has 21 heavy (non-hydrogen) atoms. The normalized spacial score (nSPS) is 11.0. The molecule has 0 aliphatic heterocycles. The lowest BCUT2D eigenvalue weighted by Gasteiger charge is -2.05. The summed E-state index contributed by atoms with van der Waals surface area (Å²) < 4.78 is 13.4. The van der Waals surface area contributed by atoms with E-state index < -0.39 is 11.7 Å². The molecule has 4 nitrogen and oxygen atoms in total. The van der Waals surface area contributed by atoms with Crippen LogP contribution in [-0.4, -0.2) is 16.1 Å². The SMILES string of the molecule is CC(C)Cc1nnc(NC(=O)c2cc(F)c(Cl)cc2Cl)s1. The zero-order valence-electron chi connectivity index (χ0n) is 11.3. The van der Waals surface area contributed by atoms with Gasteiger partial charge in [-0.15, -0.1) is 10.2 Å². The Kier molecular flexibility index (Phi) is 5.13. The molecule has 1 aromatic carbocycles. The molecule has 112 valence electrons. The third kappa shape index (κ3) is 4.12. The number of nitrogens with one attached hydrogen (secondary N) is 1. The fraction of sp³-hybridized carbons (Fsp3) is 0.308. The van der Waals surface area contributed by atoms with Crippen molar-refractivity contribution in [3.63, 3.8) is 0 Å². The molecule has 0 fully saturated rings. The lowest BCUT2D eigenvalue weighted by atomic mass is 10.1. The average molecular weight is 348 g/mol. The van der Waals surface area contributed by atoms with Crippen LogP contribution in [0.15, 0.2) is 12.1 Å². The number of halogens is 3. The van der Waals surface area contributed by atoms with Gasteiger partial charge in [-0.2, -0.15) is 0 Å². The molecular weight excluding hydrogens is 336 g/mol. The zero-order chi connectivity index (χ0) is 15.6. The number of hydrogen-bond donors (Lipinski definition) is 1. The molecule has 8 heteroatoms. The number of nitrogens with zero attached hydrogens (tertiary/aromatic N) is 2. The minimum Gasteiger partial charge on any atom is -0.296 e. The Balaban J connectivity index is 2.14. The van der Waals surface area contributed by atoms with E-state index in [1.807, 2.05) is 0 Å². The molecule has 1 heterocycles. The Hall–Kier alpha value is -1.24. The van der Waals surface area contributed by atoms with E-state index in [2.05, 4.69) is 29.4 Å². The van der Waals surface area contributed by atoms with E-state index in [9.17, 15) is 9.18 Å². The van der Waals surface area contributed by atoms with Gasteiger partial charge < -0.3 is 0 Å². The number of carbonyl (C=O) groups is 1. The number of rotatable bonds is 4. The molecule has 2 aromatic rings. The minimum atomic E-state index is -0.705. The Morgan fingerprint density at radius 1 is 1.33 bits per heavy atom. The number of anilines is 1. The molecule has 0 unspecified atom stereocenters. The van der Waals surface area contributed by atoms with Crippen molar-refractivity contribution in [2.24, 2.45) is 5.92 Å². The molecule has 0 spiro atoms. The molecule has 1 aromatic heterocycles. The minimum absolute atomic E-state index is 0.000763. The topological polar surface area (TPSA) is 54.9 Å². The molecule has 0 bridgehead atoms. The Morgan fingerprint density at radius 2 is 2.05 bits per heavy atom.